The van der Waals surface area contributed by atoms with E-state index in [2.05, 4.69) is 55.4 Å². The minimum Gasteiger partial charge on any atom is -0.407 e. The van der Waals surface area contributed by atoms with Crippen molar-refractivity contribution < 1.29 is 14.0 Å². The lowest BCUT2D eigenvalue weighted by Gasteiger charge is -2.44. The zero-order valence-electron chi connectivity index (χ0n) is 15.2. The summed E-state index contributed by atoms with van der Waals surface area (Å²) in [7, 11) is -0.255. The van der Waals surface area contributed by atoms with E-state index in [-0.39, 0.29) is 35.8 Å². The molecule has 21 heavy (non-hydrogen) atoms. The smallest absolute Gasteiger partial charge is 0.407 e. The Bertz CT molecular complexity index is 377. The van der Waals surface area contributed by atoms with Crippen LogP contribution in [0.2, 0.25) is 0 Å². The maximum atomic E-state index is 6.37. The molecule has 1 heterocycles. The molecule has 1 saturated heterocycles. The summed E-state index contributed by atoms with van der Waals surface area (Å²) in [4.78, 5) is 0. The Labute approximate surface area is 131 Å². The molecule has 0 radical (unpaired) electrons. The lowest BCUT2D eigenvalue weighted by Crippen LogP contribution is -2.54. The zero-order valence-corrected chi connectivity index (χ0v) is 15.2. The van der Waals surface area contributed by atoms with Gasteiger partial charge in [0.2, 0.25) is 0 Å². The van der Waals surface area contributed by atoms with Gasteiger partial charge in [0.25, 0.3) is 0 Å². The molecule has 2 bridgehead atoms. The monoisotopic (exact) mass is 296 g/mol. The van der Waals surface area contributed by atoms with E-state index >= 15 is 0 Å². The normalized spacial score (nSPS) is 38.0. The Hall–Kier alpha value is -0.0551. The van der Waals surface area contributed by atoms with Gasteiger partial charge in [-0.1, -0.05) is 20.8 Å². The molecule has 0 N–H and O–H groups in total. The summed E-state index contributed by atoms with van der Waals surface area (Å²) < 4.78 is 18.7. The van der Waals surface area contributed by atoms with E-state index in [0.717, 1.165) is 19.3 Å². The van der Waals surface area contributed by atoms with Gasteiger partial charge in [-0.2, -0.15) is 0 Å². The average Bonchev–Trinajstić information content (AvgIpc) is 2.28. The first-order valence-electron chi connectivity index (χ1n) is 8.41. The molecule has 0 amide bonds. The highest BCUT2D eigenvalue weighted by Gasteiger charge is 2.50. The molecule has 3 nitrogen and oxygen atoms in total. The quantitative estimate of drug-likeness (QED) is 0.713. The topological polar surface area (TPSA) is 27.7 Å². The lowest BCUT2D eigenvalue weighted by molar-refractivity contribution is -0.0916. The fourth-order valence-electron chi connectivity index (χ4n) is 4.00. The third-order valence-corrected chi connectivity index (χ3v) is 5.09. The summed E-state index contributed by atoms with van der Waals surface area (Å²) in [5.41, 5.74) is 0.00937. The van der Waals surface area contributed by atoms with Crippen LogP contribution in [0.4, 0.5) is 0 Å². The highest BCUT2D eigenvalue weighted by Crippen LogP contribution is 2.47. The van der Waals surface area contributed by atoms with Crippen LogP contribution >= 0.6 is 0 Å². The van der Waals surface area contributed by atoms with Gasteiger partial charge in [-0.3, -0.25) is 0 Å². The van der Waals surface area contributed by atoms with Crippen molar-refractivity contribution in [1.29, 1.82) is 0 Å². The summed E-state index contributed by atoms with van der Waals surface area (Å²) in [6.45, 7) is 17.6. The standard InChI is InChI=1S/C17H33BO3/c1-12-9-14-10-17(8,11-16(12,6)7)21-18(20-14)13(2)19-15(3,4)5/h12-14H,9-11H2,1-8H3/t12-,13?,14-,17+/m0/s1. The van der Waals surface area contributed by atoms with E-state index in [0.29, 0.717) is 5.92 Å². The molecule has 1 aliphatic carbocycles. The molecule has 0 spiro atoms. The van der Waals surface area contributed by atoms with Gasteiger partial charge in [-0.15, -0.1) is 0 Å². The predicted octanol–water partition coefficient (Wildman–Crippen LogP) is 4.24. The van der Waals surface area contributed by atoms with Crippen LogP contribution in [0.5, 0.6) is 0 Å². The van der Waals surface area contributed by atoms with Crippen molar-refractivity contribution in [2.75, 3.05) is 0 Å². The van der Waals surface area contributed by atoms with Crippen LogP contribution in [0.25, 0.3) is 0 Å². The van der Waals surface area contributed by atoms with Crippen molar-refractivity contribution in [2.24, 2.45) is 11.3 Å². The van der Waals surface area contributed by atoms with Crippen molar-refractivity contribution in [2.45, 2.75) is 98.0 Å². The first-order valence-corrected chi connectivity index (χ1v) is 8.41. The van der Waals surface area contributed by atoms with Crippen LogP contribution in [0.15, 0.2) is 0 Å². The van der Waals surface area contributed by atoms with Gasteiger partial charge in [-0.25, -0.2) is 0 Å². The Morgan fingerprint density at radius 2 is 1.86 bits per heavy atom. The molecule has 1 saturated carbocycles. The average molecular weight is 296 g/mol. The molecule has 2 aliphatic rings. The van der Waals surface area contributed by atoms with Crippen LogP contribution in [0.1, 0.15) is 74.7 Å². The number of hydrogen-bond acceptors (Lipinski definition) is 3. The Morgan fingerprint density at radius 3 is 2.43 bits per heavy atom. The van der Waals surface area contributed by atoms with Crippen LogP contribution in [-0.4, -0.2) is 30.4 Å². The second-order valence-corrected chi connectivity index (χ2v) is 9.14. The van der Waals surface area contributed by atoms with E-state index in [1.165, 1.54) is 0 Å². The Balaban J connectivity index is 2.14. The minimum absolute atomic E-state index is 0.0522. The lowest BCUT2D eigenvalue weighted by atomic mass is 9.72. The molecule has 2 rings (SSSR count). The van der Waals surface area contributed by atoms with Crippen LogP contribution < -0.4 is 0 Å². The van der Waals surface area contributed by atoms with Crippen LogP contribution in [0, 0.1) is 11.3 Å². The largest absolute Gasteiger partial charge is 0.488 e. The summed E-state index contributed by atoms with van der Waals surface area (Å²) in [5, 5.41) is 0. The van der Waals surface area contributed by atoms with Crippen molar-refractivity contribution in [3.63, 3.8) is 0 Å². The molecule has 1 aliphatic heterocycles. The Morgan fingerprint density at radius 1 is 1.24 bits per heavy atom. The third-order valence-electron chi connectivity index (χ3n) is 5.09. The highest BCUT2D eigenvalue weighted by atomic mass is 16.6. The maximum absolute atomic E-state index is 6.37. The van der Waals surface area contributed by atoms with E-state index in [1.807, 2.05) is 0 Å². The van der Waals surface area contributed by atoms with Gasteiger partial charge in [0, 0.05) is 6.10 Å². The molecule has 122 valence electrons. The molecule has 0 aromatic carbocycles. The second kappa shape index (κ2) is 5.54. The van der Waals surface area contributed by atoms with Gasteiger partial charge in [0.15, 0.2) is 0 Å². The molecule has 4 heteroatoms. The third kappa shape index (κ3) is 4.23. The van der Waals surface area contributed by atoms with Crippen LogP contribution in [-0.2, 0) is 14.0 Å². The summed E-state index contributed by atoms with van der Waals surface area (Å²) in [6, 6.07) is -0.0522. The molecular formula is C17H33BO3. The molecule has 0 aromatic rings. The fraction of sp³-hybridized carbons (Fsp3) is 1.00. The van der Waals surface area contributed by atoms with E-state index in [1.54, 1.807) is 0 Å². The molecule has 1 unspecified atom stereocenters. The van der Waals surface area contributed by atoms with Crippen LogP contribution in [0.3, 0.4) is 0 Å². The minimum atomic E-state index is -0.255. The van der Waals surface area contributed by atoms with Crippen molar-refractivity contribution in [3.8, 4) is 0 Å². The number of rotatable bonds is 2. The summed E-state index contributed by atoms with van der Waals surface area (Å²) in [6.07, 6.45) is 3.49. The number of ether oxygens (including phenoxy) is 1. The van der Waals surface area contributed by atoms with Gasteiger partial charge >= 0.3 is 7.12 Å². The Kier molecular flexibility index (Phi) is 4.56. The van der Waals surface area contributed by atoms with Crippen molar-refractivity contribution in [1.82, 2.24) is 0 Å². The summed E-state index contributed by atoms with van der Waals surface area (Å²) >= 11 is 0. The maximum Gasteiger partial charge on any atom is 0.488 e. The van der Waals surface area contributed by atoms with Crippen molar-refractivity contribution >= 4 is 7.12 Å². The molecule has 0 aromatic heterocycles. The van der Waals surface area contributed by atoms with Gasteiger partial charge in [0.05, 0.1) is 17.2 Å². The van der Waals surface area contributed by atoms with E-state index < -0.39 is 0 Å². The van der Waals surface area contributed by atoms with Gasteiger partial charge < -0.3 is 14.0 Å². The van der Waals surface area contributed by atoms with Gasteiger partial charge in [-0.05, 0) is 65.2 Å². The number of fused-ring (bicyclic) bond motifs is 2. The first-order chi connectivity index (χ1) is 9.40. The first kappa shape index (κ1) is 17.3. The second-order valence-electron chi connectivity index (χ2n) is 9.14. The van der Waals surface area contributed by atoms with Gasteiger partial charge in [0.1, 0.15) is 0 Å². The van der Waals surface area contributed by atoms with E-state index in [4.69, 9.17) is 14.0 Å². The number of hydrogen-bond donors (Lipinski definition) is 0. The fourth-order valence-corrected chi connectivity index (χ4v) is 4.00. The van der Waals surface area contributed by atoms with E-state index in [9.17, 15) is 0 Å². The molecular weight excluding hydrogens is 263 g/mol. The SMILES string of the molecule is CC(OC(C)(C)C)B1O[C@H]2C[C@H](C)C(C)(C)C[C@@](C)(C2)O1. The predicted molar refractivity (Wildman–Crippen MR) is 87.2 cm³/mol. The molecule has 4 atom stereocenters. The van der Waals surface area contributed by atoms with Crippen molar-refractivity contribution in [3.05, 3.63) is 0 Å². The highest BCUT2D eigenvalue weighted by molar-refractivity contribution is 6.46. The summed E-state index contributed by atoms with van der Waals surface area (Å²) in [5.74, 6) is 0.644. The molecule has 2 fully saturated rings. The zero-order chi connectivity index (χ0) is 16.1.